The highest BCUT2D eigenvalue weighted by Gasteiger charge is 2.37. The molecule has 1 amide bonds. The molecule has 2 N–H and O–H groups in total. The molecule has 0 radical (unpaired) electrons. The number of carboxylic acid groups (broad SMARTS) is 1. The lowest BCUT2D eigenvalue weighted by Gasteiger charge is -2.10. The predicted molar refractivity (Wildman–Crippen MR) is 93.9 cm³/mol. The number of aromatic nitrogens is 2. The van der Waals surface area contributed by atoms with E-state index >= 15 is 0 Å². The Bertz CT molecular complexity index is 1060. The van der Waals surface area contributed by atoms with Gasteiger partial charge >= 0.3 is 12.1 Å². The third-order valence-electron chi connectivity index (χ3n) is 3.77. The highest BCUT2D eigenvalue weighted by molar-refractivity contribution is 5.89. The van der Waals surface area contributed by atoms with E-state index in [0.717, 1.165) is 4.57 Å². The van der Waals surface area contributed by atoms with Crippen LogP contribution in [0.25, 0.3) is 11.0 Å². The van der Waals surface area contributed by atoms with Gasteiger partial charge < -0.3 is 9.67 Å². The average molecular weight is 390 g/mol. The molecule has 0 aliphatic carbocycles. The Morgan fingerprint density at radius 1 is 1.14 bits per heavy atom. The number of carbonyl (C=O) groups excluding carboxylic acids is 1. The molecular formula is C18H13F3N4O3. The molecular weight excluding hydrogens is 377 g/mol. The third kappa shape index (κ3) is 4.17. The number of hydrazone groups is 1. The lowest BCUT2D eigenvalue weighted by molar-refractivity contribution is -0.147. The van der Waals surface area contributed by atoms with Crippen LogP contribution in [-0.4, -0.2) is 32.7 Å². The van der Waals surface area contributed by atoms with Crippen LogP contribution in [0.15, 0.2) is 53.6 Å². The number of hydrogen-bond donors (Lipinski definition) is 2. The van der Waals surface area contributed by atoms with Crippen molar-refractivity contribution >= 4 is 29.1 Å². The number of carbonyl (C=O) groups is 2. The SMILES string of the molecule is O=C(Cn1c(C(F)(F)F)nc2ccccc21)N/N=C/c1ccc(C(=O)O)cc1. The maximum absolute atomic E-state index is 13.2. The van der Waals surface area contributed by atoms with E-state index < -0.39 is 30.4 Å². The zero-order valence-corrected chi connectivity index (χ0v) is 14.1. The van der Waals surface area contributed by atoms with Gasteiger partial charge in [-0.15, -0.1) is 0 Å². The number of imidazole rings is 1. The quantitative estimate of drug-likeness (QED) is 0.517. The van der Waals surface area contributed by atoms with E-state index in [0.29, 0.717) is 5.56 Å². The third-order valence-corrected chi connectivity index (χ3v) is 3.77. The number of benzene rings is 2. The van der Waals surface area contributed by atoms with Crippen LogP contribution in [0.2, 0.25) is 0 Å². The maximum atomic E-state index is 13.2. The Morgan fingerprint density at radius 3 is 2.46 bits per heavy atom. The lowest BCUT2D eigenvalue weighted by Crippen LogP contribution is -2.26. The van der Waals surface area contributed by atoms with Gasteiger partial charge in [-0.05, 0) is 29.8 Å². The second kappa shape index (κ2) is 7.51. The van der Waals surface area contributed by atoms with Gasteiger partial charge in [0.15, 0.2) is 0 Å². The number of nitrogens with zero attached hydrogens (tertiary/aromatic N) is 3. The predicted octanol–water partition coefficient (Wildman–Crippen LogP) is 2.90. The van der Waals surface area contributed by atoms with Gasteiger partial charge in [0, 0.05) is 0 Å². The monoisotopic (exact) mass is 390 g/mol. The fraction of sp³-hybridized carbons (Fsp3) is 0.111. The zero-order valence-electron chi connectivity index (χ0n) is 14.1. The molecule has 10 heteroatoms. The van der Waals surface area contributed by atoms with Gasteiger partial charge in [0.05, 0.1) is 22.8 Å². The maximum Gasteiger partial charge on any atom is 0.449 e. The first-order valence-electron chi connectivity index (χ1n) is 7.93. The van der Waals surface area contributed by atoms with E-state index in [-0.39, 0.29) is 16.6 Å². The van der Waals surface area contributed by atoms with Crippen LogP contribution in [0.5, 0.6) is 0 Å². The van der Waals surface area contributed by atoms with E-state index in [4.69, 9.17) is 5.11 Å². The topological polar surface area (TPSA) is 96.6 Å². The van der Waals surface area contributed by atoms with E-state index in [1.807, 2.05) is 0 Å². The van der Waals surface area contributed by atoms with E-state index in [9.17, 15) is 22.8 Å². The summed E-state index contributed by atoms with van der Waals surface area (Å²) in [5.74, 6) is -3.02. The summed E-state index contributed by atoms with van der Waals surface area (Å²) < 4.78 is 40.4. The van der Waals surface area contributed by atoms with E-state index in [1.54, 1.807) is 12.1 Å². The first-order valence-corrected chi connectivity index (χ1v) is 7.93. The fourth-order valence-corrected chi connectivity index (χ4v) is 2.52. The highest BCUT2D eigenvalue weighted by atomic mass is 19.4. The van der Waals surface area contributed by atoms with Crippen molar-refractivity contribution in [2.24, 2.45) is 5.10 Å². The van der Waals surface area contributed by atoms with E-state index in [2.05, 4.69) is 15.5 Å². The minimum absolute atomic E-state index is 0.0906. The van der Waals surface area contributed by atoms with Crippen LogP contribution in [0, 0.1) is 0 Å². The second-order valence-corrected chi connectivity index (χ2v) is 5.73. The molecule has 3 rings (SSSR count). The molecule has 0 aliphatic rings. The number of halogens is 3. The van der Waals surface area contributed by atoms with Crippen molar-refractivity contribution in [2.75, 3.05) is 0 Å². The molecule has 0 fully saturated rings. The Balaban J connectivity index is 1.74. The smallest absolute Gasteiger partial charge is 0.449 e. The molecule has 2 aromatic carbocycles. The Kier molecular flexibility index (Phi) is 5.12. The number of para-hydroxylation sites is 2. The summed E-state index contributed by atoms with van der Waals surface area (Å²) in [4.78, 5) is 26.4. The number of carboxylic acids is 1. The highest BCUT2D eigenvalue weighted by Crippen LogP contribution is 2.31. The zero-order chi connectivity index (χ0) is 20.3. The molecule has 0 bridgehead atoms. The largest absolute Gasteiger partial charge is 0.478 e. The van der Waals surface area contributed by atoms with Gasteiger partial charge in [-0.1, -0.05) is 24.3 Å². The summed E-state index contributed by atoms with van der Waals surface area (Å²) in [6.45, 7) is -0.620. The molecule has 1 heterocycles. The van der Waals surface area contributed by atoms with Crippen LogP contribution in [-0.2, 0) is 17.5 Å². The van der Waals surface area contributed by atoms with Crippen molar-refractivity contribution in [2.45, 2.75) is 12.7 Å². The molecule has 144 valence electrons. The summed E-state index contributed by atoms with van der Waals surface area (Å²) in [6.07, 6.45) is -3.46. The van der Waals surface area contributed by atoms with Crippen molar-refractivity contribution in [3.8, 4) is 0 Å². The Hall–Kier alpha value is -3.69. The molecule has 0 aliphatic heterocycles. The molecule has 0 saturated heterocycles. The summed E-state index contributed by atoms with van der Waals surface area (Å²) in [7, 11) is 0. The number of rotatable bonds is 5. The lowest BCUT2D eigenvalue weighted by atomic mass is 10.1. The molecule has 1 aromatic heterocycles. The Morgan fingerprint density at radius 2 is 1.82 bits per heavy atom. The summed E-state index contributed by atoms with van der Waals surface area (Å²) >= 11 is 0. The summed E-state index contributed by atoms with van der Waals surface area (Å²) in [5.41, 5.74) is 3.06. The molecule has 0 spiro atoms. The number of aromatic carboxylic acids is 1. The van der Waals surface area contributed by atoms with Gasteiger partial charge in [0.25, 0.3) is 5.91 Å². The number of nitrogens with one attached hydrogen (secondary N) is 1. The van der Waals surface area contributed by atoms with Crippen molar-refractivity contribution in [3.05, 3.63) is 65.5 Å². The van der Waals surface area contributed by atoms with Gasteiger partial charge in [-0.3, -0.25) is 4.79 Å². The number of amides is 1. The first-order chi connectivity index (χ1) is 13.3. The molecule has 0 atom stereocenters. The van der Waals surface area contributed by atoms with Gasteiger partial charge in [0.1, 0.15) is 6.54 Å². The minimum Gasteiger partial charge on any atom is -0.478 e. The fourth-order valence-electron chi connectivity index (χ4n) is 2.52. The van der Waals surface area contributed by atoms with E-state index in [1.165, 1.54) is 42.6 Å². The summed E-state index contributed by atoms with van der Waals surface area (Å²) in [6, 6.07) is 11.7. The summed E-state index contributed by atoms with van der Waals surface area (Å²) in [5, 5.41) is 12.5. The molecule has 0 saturated carbocycles. The molecule has 28 heavy (non-hydrogen) atoms. The van der Waals surface area contributed by atoms with Gasteiger partial charge in [-0.25, -0.2) is 15.2 Å². The van der Waals surface area contributed by atoms with Crippen molar-refractivity contribution in [1.29, 1.82) is 0 Å². The molecule has 7 nitrogen and oxygen atoms in total. The Labute approximate surface area is 156 Å². The molecule has 0 unspecified atom stereocenters. The van der Waals surface area contributed by atoms with Gasteiger partial charge in [0.2, 0.25) is 5.82 Å². The standard InChI is InChI=1S/C18H13F3N4O3/c19-18(20,21)17-23-13-3-1-2-4-14(13)25(17)10-15(26)24-22-9-11-5-7-12(8-6-11)16(27)28/h1-9H,10H2,(H,24,26)(H,27,28)/b22-9+. The van der Waals surface area contributed by atoms with Crippen LogP contribution in [0.4, 0.5) is 13.2 Å². The minimum atomic E-state index is -4.71. The number of alkyl halides is 3. The van der Waals surface area contributed by atoms with Crippen LogP contribution in [0.1, 0.15) is 21.7 Å². The average Bonchev–Trinajstić information content (AvgIpc) is 3.01. The van der Waals surface area contributed by atoms with Crippen molar-refractivity contribution < 1.29 is 27.9 Å². The second-order valence-electron chi connectivity index (χ2n) is 5.73. The van der Waals surface area contributed by atoms with Gasteiger partial charge in [-0.2, -0.15) is 18.3 Å². The normalized spacial score (nSPS) is 11.8. The van der Waals surface area contributed by atoms with Crippen LogP contribution >= 0.6 is 0 Å². The number of fused-ring (bicyclic) bond motifs is 1. The van der Waals surface area contributed by atoms with Crippen molar-refractivity contribution in [1.82, 2.24) is 15.0 Å². The number of hydrogen-bond acceptors (Lipinski definition) is 4. The first kappa shape index (κ1) is 19.1. The van der Waals surface area contributed by atoms with Crippen LogP contribution in [0.3, 0.4) is 0 Å². The van der Waals surface area contributed by atoms with Crippen LogP contribution < -0.4 is 5.43 Å². The van der Waals surface area contributed by atoms with Crippen molar-refractivity contribution in [3.63, 3.8) is 0 Å². The molecule has 3 aromatic rings.